The number of para-hydroxylation sites is 1. The summed E-state index contributed by atoms with van der Waals surface area (Å²) < 4.78 is 0. The van der Waals surface area contributed by atoms with Crippen LogP contribution in [-0.2, 0) is 10.2 Å². The Morgan fingerprint density at radius 3 is 2.43 bits per heavy atom. The molecule has 2 aliphatic rings. The summed E-state index contributed by atoms with van der Waals surface area (Å²) in [6, 6.07) is 10.3. The average Bonchev–Trinajstić information content (AvgIpc) is 3.22. The maximum absolute atomic E-state index is 12.6. The van der Waals surface area contributed by atoms with Crippen molar-refractivity contribution in [1.29, 1.82) is 0 Å². The quantitative estimate of drug-likeness (QED) is 0.697. The number of carbonyl (C=O) groups excluding carboxylic acids is 1. The van der Waals surface area contributed by atoms with E-state index in [1.165, 1.54) is 12.8 Å². The molecule has 0 saturated heterocycles. The standard InChI is InChI=1S/C22H29N5O/c23-20(28)22(13-7-2-8-14-22)18-15-24-21(26-17-9-3-1-4-10-17)27-19(18)25-16-11-5-6-12-16/h1,3-4,9-10,15-16H,2,5-8,11-14H2,(H2,23,28)(H2,24,25,26,27). The molecule has 1 heterocycles. The number of amides is 1. The fraction of sp³-hybridized carbons (Fsp3) is 0.500. The van der Waals surface area contributed by atoms with Crippen LogP contribution in [0.4, 0.5) is 17.5 Å². The van der Waals surface area contributed by atoms with Crippen molar-refractivity contribution in [2.45, 2.75) is 69.2 Å². The second-order valence-electron chi connectivity index (χ2n) is 8.08. The van der Waals surface area contributed by atoms with Crippen LogP contribution >= 0.6 is 0 Å². The number of aromatic nitrogens is 2. The Balaban J connectivity index is 1.70. The molecule has 0 bridgehead atoms. The zero-order chi connectivity index (χ0) is 19.4. The number of hydrogen-bond donors (Lipinski definition) is 3. The Morgan fingerprint density at radius 1 is 1.04 bits per heavy atom. The van der Waals surface area contributed by atoms with Crippen molar-refractivity contribution in [3.63, 3.8) is 0 Å². The summed E-state index contributed by atoms with van der Waals surface area (Å²) in [6.07, 6.45) is 11.3. The van der Waals surface area contributed by atoms with Crippen molar-refractivity contribution in [2.75, 3.05) is 10.6 Å². The second kappa shape index (κ2) is 8.17. The van der Waals surface area contributed by atoms with Crippen LogP contribution in [0.1, 0.15) is 63.4 Å². The minimum Gasteiger partial charge on any atom is -0.369 e. The lowest BCUT2D eigenvalue weighted by molar-refractivity contribution is -0.124. The minimum atomic E-state index is -0.662. The van der Waals surface area contributed by atoms with Crippen LogP contribution in [0.15, 0.2) is 36.5 Å². The highest BCUT2D eigenvalue weighted by molar-refractivity contribution is 5.88. The minimum absolute atomic E-state index is 0.256. The van der Waals surface area contributed by atoms with Crippen LogP contribution < -0.4 is 16.4 Å². The number of benzene rings is 1. The van der Waals surface area contributed by atoms with E-state index in [9.17, 15) is 4.79 Å². The van der Waals surface area contributed by atoms with E-state index in [4.69, 9.17) is 10.7 Å². The summed E-state index contributed by atoms with van der Waals surface area (Å²) in [4.78, 5) is 21.9. The predicted octanol–water partition coefficient (Wildman–Crippen LogP) is 4.26. The Bertz CT molecular complexity index is 811. The number of nitrogens with zero attached hydrogens (tertiary/aromatic N) is 2. The van der Waals surface area contributed by atoms with Crippen molar-refractivity contribution in [1.82, 2.24) is 9.97 Å². The summed E-state index contributed by atoms with van der Waals surface area (Å²) >= 11 is 0. The highest BCUT2D eigenvalue weighted by atomic mass is 16.1. The molecule has 2 aromatic rings. The lowest BCUT2D eigenvalue weighted by atomic mass is 9.69. The molecule has 0 unspecified atom stereocenters. The van der Waals surface area contributed by atoms with E-state index in [-0.39, 0.29) is 5.91 Å². The van der Waals surface area contributed by atoms with Gasteiger partial charge in [0.2, 0.25) is 11.9 Å². The maximum atomic E-state index is 12.6. The van der Waals surface area contributed by atoms with Gasteiger partial charge in [0.1, 0.15) is 5.82 Å². The van der Waals surface area contributed by atoms with E-state index in [1.54, 1.807) is 0 Å². The monoisotopic (exact) mass is 379 g/mol. The summed E-state index contributed by atoms with van der Waals surface area (Å²) in [5.41, 5.74) is 7.07. The zero-order valence-electron chi connectivity index (χ0n) is 16.3. The number of carbonyl (C=O) groups is 1. The van der Waals surface area contributed by atoms with Gasteiger partial charge in [-0.15, -0.1) is 0 Å². The Labute approximate surface area is 166 Å². The van der Waals surface area contributed by atoms with E-state index in [1.807, 2.05) is 36.5 Å². The summed E-state index contributed by atoms with van der Waals surface area (Å²) in [5.74, 6) is 1.04. The van der Waals surface area contributed by atoms with E-state index in [0.717, 1.165) is 62.0 Å². The Hall–Kier alpha value is -2.63. The van der Waals surface area contributed by atoms with Crippen LogP contribution in [0.2, 0.25) is 0 Å². The molecule has 1 aromatic heterocycles. The molecule has 148 valence electrons. The van der Waals surface area contributed by atoms with Crippen LogP contribution in [0.3, 0.4) is 0 Å². The summed E-state index contributed by atoms with van der Waals surface area (Å²) in [6.45, 7) is 0. The van der Waals surface area contributed by atoms with Gasteiger partial charge in [-0.25, -0.2) is 4.98 Å². The molecule has 0 spiro atoms. The van der Waals surface area contributed by atoms with Crippen LogP contribution in [-0.4, -0.2) is 21.9 Å². The first-order valence-electron chi connectivity index (χ1n) is 10.4. The van der Waals surface area contributed by atoms with Gasteiger partial charge < -0.3 is 16.4 Å². The molecule has 6 heteroatoms. The maximum Gasteiger partial charge on any atom is 0.229 e. The van der Waals surface area contributed by atoms with Gasteiger partial charge in [0.15, 0.2) is 0 Å². The fourth-order valence-corrected chi connectivity index (χ4v) is 4.62. The number of rotatable bonds is 6. The van der Waals surface area contributed by atoms with Crippen molar-refractivity contribution in [3.8, 4) is 0 Å². The zero-order valence-corrected chi connectivity index (χ0v) is 16.3. The lowest BCUT2D eigenvalue weighted by Crippen LogP contribution is -2.43. The van der Waals surface area contributed by atoms with Gasteiger partial charge in [0, 0.05) is 23.5 Å². The van der Waals surface area contributed by atoms with E-state index in [2.05, 4.69) is 15.6 Å². The first-order chi connectivity index (χ1) is 13.7. The largest absolute Gasteiger partial charge is 0.369 e. The van der Waals surface area contributed by atoms with Gasteiger partial charge in [-0.1, -0.05) is 50.3 Å². The molecule has 0 radical (unpaired) electrons. The van der Waals surface area contributed by atoms with Gasteiger partial charge >= 0.3 is 0 Å². The Kier molecular flexibility index (Phi) is 5.46. The van der Waals surface area contributed by atoms with E-state index < -0.39 is 5.41 Å². The second-order valence-corrected chi connectivity index (χ2v) is 8.08. The average molecular weight is 380 g/mol. The molecular formula is C22H29N5O. The van der Waals surface area contributed by atoms with E-state index in [0.29, 0.717) is 12.0 Å². The normalized spacial score (nSPS) is 19.3. The molecule has 2 aliphatic carbocycles. The molecule has 28 heavy (non-hydrogen) atoms. The van der Waals surface area contributed by atoms with Gasteiger partial charge in [0.05, 0.1) is 5.41 Å². The summed E-state index contributed by atoms with van der Waals surface area (Å²) in [5, 5.41) is 6.88. The summed E-state index contributed by atoms with van der Waals surface area (Å²) in [7, 11) is 0. The lowest BCUT2D eigenvalue weighted by Gasteiger charge is -2.36. The van der Waals surface area contributed by atoms with Crippen molar-refractivity contribution >= 4 is 23.4 Å². The molecule has 4 rings (SSSR count). The molecule has 0 atom stereocenters. The molecule has 2 fully saturated rings. The molecule has 4 N–H and O–H groups in total. The molecule has 1 aromatic carbocycles. The van der Waals surface area contributed by atoms with Crippen molar-refractivity contribution < 1.29 is 4.79 Å². The van der Waals surface area contributed by atoms with Crippen LogP contribution in [0.5, 0.6) is 0 Å². The topological polar surface area (TPSA) is 92.9 Å². The van der Waals surface area contributed by atoms with Crippen molar-refractivity contribution in [2.24, 2.45) is 5.73 Å². The molecule has 2 saturated carbocycles. The molecule has 6 nitrogen and oxygen atoms in total. The van der Waals surface area contributed by atoms with Gasteiger partial charge in [-0.3, -0.25) is 4.79 Å². The first-order valence-corrected chi connectivity index (χ1v) is 10.4. The van der Waals surface area contributed by atoms with E-state index >= 15 is 0 Å². The number of nitrogens with one attached hydrogen (secondary N) is 2. The van der Waals surface area contributed by atoms with Crippen LogP contribution in [0.25, 0.3) is 0 Å². The third-order valence-corrected chi connectivity index (χ3v) is 6.21. The molecular weight excluding hydrogens is 350 g/mol. The van der Waals surface area contributed by atoms with Crippen LogP contribution in [0, 0.1) is 0 Å². The van der Waals surface area contributed by atoms with Gasteiger partial charge in [-0.2, -0.15) is 4.98 Å². The third-order valence-electron chi connectivity index (χ3n) is 6.21. The third kappa shape index (κ3) is 3.81. The fourth-order valence-electron chi connectivity index (χ4n) is 4.62. The highest BCUT2D eigenvalue weighted by Crippen LogP contribution is 2.42. The SMILES string of the molecule is NC(=O)C1(c2cnc(Nc3ccccc3)nc2NC2CCCC2)CCCCC1. The smallest absolute Gasteiger partial charge is 0.229 e. The van der Waals surface area contributed by atoms with Crippen molar-refractivity contribution in [3.05, 3.63) is 42.1 Å². The molecule has 1 amide bonds. The Morgan fingerprint density at radius 2 is 1.75 bits per heavy atom. The number of primary amides is 1. The number of anilines is 3. The number of hydrogen-bond acceptors (Lipinski definition) is 5. The highest BCUT2D eigenvalue weighted by Gasteiger charge is 2.42. The first kappa shape index (κ1) is 18.7. The molecule has 0 aliphatic heterocycles. The van der Waals surface area contributed by atoms with Gasteiger partial charge in [0.25, 0.3) is 0 Å². The van der Waals surface area contributed by atoms with Gasteiger partial charge in [-0.05, 0) is 37.8 Å². The number of nitrogens with two attached hydrogens (primary N) is 1. The predicted molar refractivity (Wildman–Crippen MR) is 112 cm³/mol.